The Balaban J connectivity index is 2.94. The van der Waals surface area contributed by atoms with E-state index in [1.807, 2.05) is 0 Å². The van der Waals surface area contributed by atoms with Crippen molar-refractivity contribution in [3.63, 3.8) is 0 Å². The first-order valence-electron chi connectivity index (χ1n) is 5.42. The lowest BCUT2D eigenvalue weighted by Crippen LogP contribution is -2.21. The number of para-hydroxylation sites is 1. The van der Waals surface area contributed by atoms with E-state index >= 15 is 0 Å². The Morgan fingerprint density at radius 1 is 1.42 bits per heavy atom. The number of carboxylic acid groups (broad SMARTS) is 1. The monoisotopic (exact) mass is 267 g/mol. The predicted molar refractivity (Wildman–Crippen MR) is 67.2 cm³/mol. The highest BCUT2D eigenvalue weighted by Gasteiger charge is 2.23. The highest BCUT2D eigenvalue weighted by molar-refractivity contribution is 5.95. The third kappa shape index (κ3) is 3.66. The molecule has 0 aliphatic heterocycles. The number of hydrogen-bond donors (Lipinski definition) is 3. The van der Waals surface area contributed by atoms with E-state index < -0.39 is 22.1 Å². The minimum Gasteiger partial charge on any atom is -0.477 e. The van der Waals surface area contributed by atoms with Gasteiger partial charge in [0.15, 0.2) is 0 Å². The molecule has 8 heteroatoms. The van der Waals surface area contributed by atoms with Crippen molar-refractivity contribution in [2.45, 2.75) is 6.42 Å². The minimum absolute atomic E-state index is 0.0776. The molecule has 0 heterocycles. The molecule has 1 aromatic rings. The van der Waals surface area contributed by atoms with Crippen molar-refractivity contribution in [2.75, 3.05) is 18.9 Å². The van der Waals surface area contributed by atoms with Crippen molar-refractivity contribution in [3.05, 3.63) is 33.9 Å². The quantitative estimate of drug-likeness (QED) is 0.518. The summed E-state index contributed by atoms with van der Waals surface area (Å²) in [5.74, 6) is -1.59. The molecule has 1 rings (SSSR count). The fourth-order valence-electron chi connectivity index (χ4n) is 1.49. The van der Waals surface area contributed by atoms with Crippen LogP contribution < -0.4 is 10.6 Å². The first kappa shape index (κ1) is 14.4. The fourth-order valence-corrected chi connectivity index (χ4v) is 1.49. The van der Waals surface area contributed by atoms with Gasteiger partial charge in [-0.05, 0) is 12.1 Å². The van der Waals surface area contributed by atoms with Crippen LogP contribution >= 0.6 is 0 Å². The number of carboxylic acids is 1. The van der Waals surface area contributed by atoms with Crippen molar-refractivity contribution in [1.82, 2.24) is 5.32 Å². The normalized spacial score (nSPS) is 9.74. The summed E-state index contributed by atoms with van der Waals surface area (Å²) < 4.78 is 0. The fraction of sp³-hybridized carbons (Fsp3) is 0.273. The number of carbonyl (C=O) groups excluding carboxylic acids is 1. The van der Waals surface area contributed by atoms with E-state index in [-0.39, 0.29) is 24.6 Å². The van der Waals surface area contributed by atoms with Crippen LogP contribution in [0.15, 0.2) is 18.2 Å². The van der Waals surface area contributed by atoms with Crippen LogP contribution in [0.5, 0.6) is 0 Å². The maximum Gasteiger partial charge on any atom is 0.342 e. The maximum atomic E-state index is 11.0. The van der Waals surface area contributed by atoms with E-state index in [2.05, 4.69) is 10.6 Å². The van der Waals surface area contributed by atoms with Crippen LogP contribution in [-0.2, 0) is 4.79 Å². The molecule has 19 heavy (non-hydrogen) atoms. The number of nitro groups is 1. The number of rotatable bonds is 6. The van der Waals surface area contributed by atoms with E-state index in [1.165, 1.54) is 19.2 Å². The molecule has 0 radical (unpaired) electrons. The summed E-state index contributed by atoms with van der Waals surface area (Å²) in [6.45, 7) is 0.170. The molecule has 0 saturated heterocycles. The first-order chi connectivity index (χ1) is 8.97. The summed E-state index contributed by atoms with van der Waals surface area (Å²) in [7, 11) is 1.48. The SMILES string of the molecule is CNC(=O)CCNc1cccc(C(=O)O)c1[N+](=O)[O-]. The van der Waals surface area contributed by atoms with Crippen molar-refractivity contribution in [2.24, 2.45) is 0 Å². The van der Waals surface area contributed by atoms with Crippen LogP contribution in [0.4, 0.5) is 11.4 Å². The number of nitrogens with one attached hydrogen (secondary N) is 2. The van der Waals surface area contributed by atoms with Gasteiger partial charge in [0.05, 0.1) is 4.92 Å². The lowest BCUT2D eigenvalue weighted by atomic mass is 10.1. The molecular formula is C11H13N3O5. The second-order valence-corrected chi connectivity index (χ2v) is 3.61. The lowest BCUT2D eigenvalue weighted by Gasteiger charge is -2.08. The summed E-state index contributed by atoms with van der Waals surface area (Å²) in [5, 5.41) is 24.9. The van der Waals surface area contributed by atoms with Gasteiger partial charge in [0.2, 0.25) is 5.91 Å². The van der Waals surface area contributed by atoms with Gasteiger partial charge in [0, 0.05) is 20.0 Å². The van der Waals surface area contributed by atoms with E-state index in [0.29, 0.717) is 0 Å². The molecule has 0 aromatic heterocycles. The third-order valence-electron chi connectivity index (χ3n) is 2.40. The smallest absolute Gasteiger partial charge is 0.342 e. The molecule has 0 saturated carbocycles. The zero-order valence-corrected chi connectivity index (χ0v) is 10.2. The van der Waals surface area contributed by atoms with Crippen LogP contribution in [0.25, 0.3) is 0 Å². The molecule has 3 N–H and O–H groups in total. The van der Waals surface area contributed by atoms with Crippen LogP contribution in [0.2, 0.25) is 0 Å². The Kier molecular flexibility index (Phi) is 4.81. The van der Waals surface area contributed by atoms with Crippen molar-refractivity contribution in [1.29, 1.82) is 0 Å². The Morgan fingerprint density at radius 2 is 2.11 bits per heavy atom. The molecule has 0 aliphatic rings. The number of benzene rings is 1. The number of nitro benzene ring substituents is 1. The summed E-state index contributed by atoms with van der Waals surface area (Å²) >= 11 is 0. The molecule has 0 atom stereocenters. The van der Waals surface area contributed by atoms with Crippen LogP contribution in [0.3, 0.4) is 0 Å². The zero-order valence-electron chi connectivity index (χ0n) is 10.2. The highest BCUT2D eigenvalue weighted by Crippen LogP contribution is 2.28. The van der Waals surface area contributed by atoms with E-state index in [1.54, 1.807) is 0 Å². The summed E-state index contributed by atoms with van der Waals surface area (Å²) in [6, 6.07) is 3.96. The number of aromatic carboxylic acids is 1. The van der Waals surface area contributed by atoms with Gasteiger partial charge in [-0.3, -0.25) is 14.9 Å². The van der Waals surface area contributed by atoms with E-state index in [0.717, 1.165) is 6.07 Å². The van der Waals surface area contributed by atoms with Crippen LogP contribution in [-0.4, -0.2) is 35.5 Å². The predicted octanol–water partition coefficient (Wildman–Crippen LogP) is 0.841. The van der Waals surface area contributed by atoms with E-state index in [4.69, 9.17) is 5.11 Å². The Bertz CT molecular complexity index is 515. The second kappa shape index (κ2) is 6.34. The minimum atomic E-state index is -1.37. The Labute approximate surface area is 108 Å². The summed E-state index contributed by atoms with van der Waals surface area (Å²) in [5.41, 5.74) is -0.823. The molecule has 0 bridgehead atoms. The molecule has 0 fully saturated rings. The van der Waals surface area contributed by atoms with Gasteiger partial charge in [-0.2, -0.15) is 0 Å². The number of nitrogens with zero attached hydrogens (tertiary/aromatic N) is 1. The largest absolute Gasteiger partial charge is 0.477 e. The van der Waals surface area contributed by atoms with Gasteiger partial charge in [-0.25, -0.2) is 4.79 Å². The Hall–Kier alpha value is -2.64. The van der Waals surface area contributed by atoms with Crippen molar-refractivity contribution in [3.8, 4) is 0 Å². The summed E-state index contributed by atoms with van der Waals surface area (Å²) in [6.07, 6.45) is 0.130. The van der Waals surface area contributed by atoms with Gasteiger partial charge in [-0.15, -0.1) is 0 Å². The van der Waals surface area contributed by atoms with Gasteiger partial charge in [0.1, 0.15) is 11.3 Å². The molecular weight excluding hydrogens is 254 g/mol. The summed E-state index contributed by atoms with van der Waals surface area (Å²) in [4.78, 5) is 32.1. The molecule has 8 nitrogen and oxygen atoms in total. The molecule has 0 unspecified atom stereocenters. The van der Waals surface area contributed by atoms with E-state index in [9.17, 15) is 19.7 Å². The molecule has 1 aromatic carbocycles. The van der Waals surface area contributed by atoms with Crippen molar-refractivity contribution < 1.29 is 19.6 Å². The average Bonchev–Trinajstić information content (AvgIpc) is 2.37. The van der Waals surface area contributed by atoms with Gasteiger partial charge < -0.3 is 15.7 Å². The zero-order chi connectivity index (χ0) is 14.4. The van der Waals surface area contributed by atoms with Crippen LogP contribution in [0.1, 0.15) is 16.8 Å². The standard InChI is InChI=1S/C11H13N3O5/c1-12-9(15)5-6-13-8-4-2-3-7(11(16)17)10(8)14(18)19/h2-4,13H,5-6H2,1H3,(H,12,15)(H,16,17). The maximum absolute atomic E-state index is 11.0. The van der Waals surface area contributed by atoms with Crippen molar-refractivity contribution >= 4 is 23.3 Å². The number of anilines is 1. The third-order valence-corrected chi connectivity index (χ3v) is 2.40. The molecule has 102 valence electrons. The number of hydrogen-bond acceptors (Lipinski definition) is 5. The molecule has 0 aliphatic carbocycles. The first-order valence-corrected chi connectivity index (χ1v) is 5.42. The van der Waals surface area contributed by atoms with Gasteiger partial charge in [-0.1, -0.05) is 6.07 Å². The lowest BCUT2D eigenvalue weighted by molar-refractivity contribution is -0.384. The molecule has 0 spiro atoms. The topological polar surface area (TPSA) is 122 Å². The number of carbonyl (C=O) groups is 2. The average molecular weight is 267 g/mol. The van der Waals surface area contributed by atoms with Gasteiger partial charge >= 0.3 is 11.7 Å². The number of amides is 1. The second-order valence-electron chi connectivity index (χ2n) is 3.61. The Morgan fingerprint density at radius 3 is 2.63 bits per heavy atom. The molecule has 1 amide bonds. The highest BCUT2D eigenvalue weighted by atomic mass is 16.6. The van der Waals surface area contributed by atoms with Gasteiger partial charge in [0.25, 0.3) is 0 Å². The van der Waals surface area contributed by atoms with Crippen LogP contribution in [0, 0.1) is 10.1 Å².